The Balaban J connectivity index is 1.81. The molecule has 0 N–H and O–H groups in total. The van der Waals surface area contributed by atoms with Gasteiger partial charge in [0.05, 0.1) is 11.1 Å². The van der Waals surface area contributed by atoms with Gasteiger partial charge in [-0.1, -0.05) is 66.2 Å². The molecular weight excluding hydrogens is 680 g/mol. The fourth-order valence-corrected chi connectivity index (χ4v) is 7.37. The molecule has 0 saturated carbocycles. The second-order valence-electron chi connectivity index (χ2n) is 12.6. The van der Waals surface area contributed by atoms with E-state index in [1.54, 1.807) is 24.3 Å². The third kappa shape index (κ3) is 5.85. The van der Waals surface area contributed by atoms with Gasteiger partial charge in [-0.15, -0.1) is 0 Å². The molecule has 4 nitrogen and oxygen atoms in total. The van der Waals surface area contributed by atoms with E-state index in [4.69, 9.17) is 13.1 Å². The summed E-state index contributed by atoms with van der Waals surface area (Å²) in [5.74, 6) is -1.16. The lowest BCUT2D eigenvalue weighted by Gasteiger charge is -2.17. The van der Waals surface area contributed by atoms with E-state index >= 15 is 0 Å². The van der Waals surface area contributed by atoms with Crippen molar-refractivity contribution in [1.82, 2.24) is 0 Å². The van der Waals surface area contributed by atoms with E-state index in [-0.39, 0.29) is 29.8 Å². The number of nitriles is 2. The number of fused-ring (bicyclic) bond motifs is 2. The summed E-state index contributed by atoms with van der Waals surface area (Å²) in [6.45, 7) is 17.8. The normalized spacial score (nSPS) is 13.1. The van der Waals surface area contributed by atoms with E-state index in [1.807, 2.05) is 43.3 Å². The SMILES string of the molecule is [C-]#[N+]C([N+]#[C-])=C1Cc2c(-c3ccc(F)cc3)c3c(c(-c4ccc(F)cc4)c2=C1c1ccc(C)cc1)CC(=C(C#N)C#N)C=3c1ccc(C(F)(F)F)cc1. The molecule has 5 aromatic rings. The Labute approximate surface area is 301 Å². The molecule has 0 unspecified atom stereocenters. The Kier molecular flexibility index (Phi) is 8.59. The minimum atomic E-state index is -4.62. The van der Waals surface area contributed by atoms with Crippen LogP contribution in [0.4, 0.5) is 22.0 Å². The summed E-state index contributed by atoms with van der Waals surface area (Å²) in [7, 11) is 0. The Morgan fingerprint density at radius 2 is 1.00 bits per heavy atom. The number of hydrogen-bond donors (Lipinski definition) is 0. The Hall–Kier alpha value is -7.07. The van der Waals surface area contributed by atoms with Crippen molar-refractivity contribution >= 4 is 11.1 Å². The van der Waals surface area contributed by atoms with Crippen molar-refractivity contribution in [2.24, 2.45) is 0 Å². The van der Waals surface area contributed by atoms with Crippen LogP contribution in [0.1, 0.15) is 33.4 Å². The number of benzene rings is 5. The highest BCUT2D eigenvalue weighted by molar-refractivity contribution is 5.98. The van der Waals surface area contributed by atoms with Crippen LogP contribution >= 0.6 is 0 Å². The van der Waals surface area contributed by atoms with Crippen molar-refractivity contribution in [3.63, 3.8) is 0 Å². The Morgan fingerprint density at radius 3 is 1.42 bits per heavy atom. The zero-order valence-electron chi connectivity index (χ0n) is 27.8. The number of aryl methyl sites for hydroxylation is 1. The fourth-order valence-electron chi connectivity index (χ4n) is 7.37. The molecule has 0 saturated heterocycles. The predicted molar refractivity (Wildman–Crippen MR) is 190 cm³/mol. The number of rotatable bonds is 4. The van der Waals surface area contributed by atoms with Crippen LogP contribution in [0.3, 0.4) is 0 Å². The van der Waals surface area contributed by atoms with Gasteiger partial charge < -0.3 is 0 Å². The van der Waals surface area contributed by atoms with Crippen LogP contribution in [0, 0.1) is 54.4 Å². The molecule has 0 aromatic heterocycles. The molecule has 0 spiro atoms. The van der Waals surface area contributed by atoms with E-state index in [1.165, 1.54) is 36.4 Å². The van der Waals surface area contributed by atoms with Crippen LogP contribution < -0.4 is 10.4 Å². The summed E-state index contributed by atoms with van der Waals surface area (Å²) in [6.07, 6.45) is -4.55. The third-order valence-corrected chi connectivity index (χ3v) is 9.63. The van der Waals surface area contributed by atoms with E-state index in [9.17, 15) is 32.5 Å². The standard InChI is InChI=1S/C44H23F5N4/c1-24-4-6-25(7-5-24)40-36(43(52-2)53-3)21-35-39(28-12-18-32(46)19-13-28)41-34(38(42(35)40)27-10-16-31(45)17-11-27)20-33(29(22-50)23-51)37(41)26-8-14-30(15-9-26)44(47,48)49/h4-19H,20-21H2,1H3. The van der Waals surface area contributed by atoms with Gasteiger partial charge in [0.15, 0.2) is 0 Å². The van der Waals surface area contributed by atoms with Gasteiger partial charge in [-0.2, -0.15) is 33.4 Å². The molecule has 0 heterocycles. The third-order valence-electron chi connectivity index (χ3n) is 9.63. The van der Waals surface area contributed by atoms with E-state index in [0.717, 1.165) is 17.7 Å². The first-order valence-corrected chi connectivity index (χ1v) is 16.2. The molecule has 0 amide bonds. The van der Waals surface area contributed by atoms with Crippen LogP contribution in [-0.4, -0.2) is 0 Å². The lowest BCUT2D eigenvalue weighted by atomic mass is 9.86. The first kappa shape index (κ1) is 34.4. The Bertz CT molecular complexity index is 2690. The van der Waals surface area contributed by atoms with Crippen molar-refractivity contribution in [1.29, 1.82) is 10.5 Å². The van der Waals surface area contributed by atoms with E-state index < -0.39 is 23.4 Å². The van der Waals surface area contributed by atoms with Crippen LogP contribution in [-0.2, 0) is 19.0 Å². The van der Waals surface area contributed by atoms with Crippen molar-refractivity contribution < 1.29 is 22.0 Å². The number of alkyl halides is 3. The van der Waals surface area contributed by atoms with Gasteiger partial charge in [0, 0.05) is 6.42 Å². The van der Waals surface area contributed by atoms with Crippen molar-refractivity contribution in [3.05, 3.63) is 198 Å². The lowest BCUT2D eigenvalue weighted by molar-refractivity contribution is -0.137. The first-order chi connectivity index (χ1) is 25.5. The maximum absolute atomic E-state index is 14.5. The minimum Gasteiger partial charge on any atom is -0.207 e. The maximum Gasteiger partial charge on any atom is 0.523 e. The quantitative estimate of drug-likeness (QED) is 0.106. The molecule has 0 atom stereocenters. The second kappa shape index (κ2) is 13.2. The summed E-state index contributed by atoms with van der Waals surface area (Å²) >= 11 is 0. The molecular formula is C44H23F5N4. The number of hydrogen-bond acceptors (Lipinski definition) is 2. The molecule has 9 heteroatoms. The van der Waals surface area contributed by atoms with Crippen LogP contribution in [0.2, 0.25) is 0 Å². The average Bonchev–Trinajstić information content (AvgIpc) is 3.72. The number of allylic oxidation sites excluding steroid dienone is 3. The molecule has 5 aromatic carbocycles. The van der Waals surface area contributed by atoms with Gasteiger partial charge in [-0.05, 0) is 121 Å². The van der Waals surface area contributed by atoms with Gasteiger partial charge in [-0.25, -0.2) is 8.78 Å². The van der Waals surface area contributed by atoms with Crippen LogP contribution in [0.5, 0.6) is 0 Å². The Morgan fingerprint density at radius 1 is 0.604 bits per heavy atom. The molecule has 53 heavy (non-hydrogen) atoms. The highest BCUT2D eigenvalue weighted by atomic mass is 19.4. The zero-order valence-corrected chi connectivity index (χ0v) is 27.8. The molecule has 7 rings (SSSR count). The van der Waals surface area contributed by atoms with Crippen molar-refractivity contribution in [3.8, 4) is 34.4 Å². The molecule has 254 valence electrons. The first-order valence-electron chi connectivity index (χ1n) is 16.2. The van der Waals surface area contributed by atoms with Gasteiger partial charge >= 0.3 is 12.0 Å². The summed E-state index contributed by atoms with van der Waals surface area (Å²) in [5, 5.41) is 21.5. The van der Waals surface area contributed by atoms with E-state index in [2.05, 4.69) is 9.69 Å². The highest BCUT2D eigenvalue weighted by Crippen LogP contribution is 2.43. The van der Waals surface area contributed by atoms with Crippen molar-refractivity contribution in [2.75, 3.05) is 0 Å². The molecule has 0 aliphatic heterocycles. The topological polar surface area (TPSA) is 56.3 Å². The fraction of sp³-hybridized carbons (Fsp3) is 0.0909. The molecule has 0 radical (unpaired) electrons. The highest BCUT2D eigenvalue weighted by Gasteiger charge is 2.37. The van der Waals surface area contributed by atoms with Gasteiger partial charge in [0.1, 0.15) is 42.5 Å². The number of halogens is 5. The molecule has 0 bridgehead atoms. The summed E-state index contributed by atoms with van der Waals surface area (Å²) in [5.41, 5.74) is 6.03. The molecule has 2 aliphatic rings. The zero-order chi connectivity index (χ0) is 37.6. The van der Waals surface area contributed by atoms with Crippen LogP contribution in [0.25, 0.3) is 43.1 Å². The largest absolute Gasteiger partial charge is 0.523 e. The van der Waals surface area contributed by atoms with Gasteiger partial charge in [0.2, 0.25) is 0 Å². The second-order valence-corrected chi connectivity index (χ2v) is 12.6. The summed E-state index contributed by atoms with van der Waals surface area (Å²) in [6, 6.07) is 27.5. The molecule has 2 aliphatic carbocycles. The van der Waals surface area contributed by atoms with Crippen molar-refractivity contribution in [2.45, 2.75) is 25.9 Å². The molecule has 0 fully saturated rings. The van der Waals surface area contributed by atoms with E-state index in [0.29, 0.717) is 71.7 Å². The lowest BCUT2D eigenvalue weighted by Crippen LogP contribution is -2.25. The number of nitrogens with zero attached hydrogens (tertiary/aromatic N) is 4. The predicted octanol–water partition coefficient (Wildman–Crippen LogP) is 9.53. The van der Waals surface area contributed by atoms with Gasteiger partial charge in [-0.3, -0.25) is 0 Å². The minimum absolute atomic E-state index is 0.00491. The maximum atomic E-state index is 14.5. The van der Waals surface area contributed by atoms with Gasteiger partial charge in [0.25, 0.3) is 0 Å². The smallest absolute Gasteiger partial charge is 0.207 e. The average molecular weight is 703 g/mol. The summed E-state index contributed by atoms with van der Waals surface area (Å²) in [4.78, 5) is 7.20. The van der Waals surface area contributed by atoms with Crippen LogP contribution in [0.15, 0.2) is 120 Å². The monoisotopic (exact) mass is 702 g/mol. The summed E-state index contributed by atoms with van der Waals surface area (Å²) < 4.78 is 70.2.